The molecular formula is C53H65N9O11. The van der Waals surface area contributed by atoms with Gasteiger partial charge in [-0.25, -0.2) is 0 Å². The molecule has 3 aromatic carbocycles. The molecule has 9 rings (SSSR count). The fourth-order valence-corrected chi connectivity index (χ4v) is 10.3. The first-order chi connectivity index (χ1) is 35.5. The Morgan fingerprint density at radius 1 is 0.836 bits per heavy atom. The Hall–Kier alpha value is -6.71. The van der Waals surface area contributed by atoms with Crippen LogP contribution in [-0.4, -0.2) is 183 Å². The molecule has 5 amide bonds. The van der Waals surface area contributed by atoms with Gasteiger partial charge < -0.3 is 48.8 Å². The molecule has 20 nitrogen and oxygen atoms in total. The maximum absolute atomic E-state index is 13.3. The SMILES string of the molecule is C=CC(=O)N1CCN(c2nc(O[C@H](C)CN3CCC(OCCOCCOCCOCCNc4cccc5c4C(=O)N(C4CCC(=O)NC4=O)C5=O)CC3)nc3c2CCN(c2cc(O)cc4ccccc24)C3)CC1. The van der Waals surface area contributed by atoms with Crippen LogP contribution in [0.15, 0.2) is 67.3 Å². The van der Waals surface area contributed by atoms with Crippen LogP contribution in [0.4, 0.5) is 17.2 Å². The van der Waals surface area contributed by atoms with Crippen LogP contribution >= 0.6 is 0 Å². The Labute approximate surface area is 424 Å². The van der Waals surface area contributed by atoms with Crippen LogP contribution in [0.25, 0.3) is 10.8 Å². The topological polar surface area (TPSA) is 218 Å². The molecule has 2 atom stereocenters. The molecule has 5 aliphatic heterocycles. The molecule has 1 aromatic heterocycles. The van der Waals surface area contributed by atoms with E-state index < -0.39 is 29.7 Å². The highest BCUT2D eigenvalue weighted by Crippen LogP contribution is 2.37. The van der Waals surface area contributed by atoms with Crippen molar-refractivity contribution in [3.05, 3.63) is 89.6 Å². The minimum absolute atomic E-state index is 0.0596. The number of aromatic nitrogens is 2. The highest BCUT2D eigenvalue weighted by Gasteiger charge is 2.45. The van der Waals surface area contributed by atoms with Crippen molar-refractivity contribution < 1.29 is 52.8 Å². The molecule has 3 N–H and O–H groups in total. The highest BCUT2D eigenvalue weighted by atomic mass is 16.6. The standard InChI is InChI=1S/C53H65N9O11/c1-3-47(65)59-20-22-60(23-21-59)49-40-15-19-61(45-32-37(63)31-36-7-4-5-8-39(36)45)34-43(40)55-53(57-49)73-35(2)33-58-17-13-38(14-18-58)72-30-29-71-28-27-70-26-25-69-24-16-54-42-10-6-9-41-48(42)52(68)62(51(41)67)44-11-12-46(64)56-50(44)66/h3-10,31-32,35,38,44,54,63H,1,11-30,33-34H2,2H3,(H,56,64,66)/t35-,44?/m1/s1. The normalized spacial score (nSPS) is 19.0. The number of imide groups is 2. The van der Waals surface area contributed by atoms with Gasteiger partial charge in [0.25, 0.3) is 11.8 Å². The lowest BCUT2D eigenvalue weighted by Gasteiger charge is -2.38. The fraction of sp³-hybridized carbons (Fsp3) is 0.491. The molecule has 4 aromatic rings. The summed E-state index contributed by atoms with van der Waals surface area (Å²) in [6.07, 6.45) is 4.03. The molecule has 0 aliphatic carbocycles. The molecule has 388 valence electrons. The molecule has 0 spiro atoms. The number of rotatable bonds is 22. The summed E-state index contributed by atoms with van der Waals surface area (Å²) in [4.78, 5) is 82.5. The molecule has 73 heavy (non-hydrogen) atoms. The van der Waals surface area contributed by atoms with E-state index in [1.54, 1.807) is 24.3 Å². The summed E-state index contributed by atoms with van der Waals surface area (Å²) in [6.45, 7) is 15.2. The van der Waals surface area contributed by atoms with Gasteiger partial charge in [0, 0.05) is 93.7 Å². The maximum Gasteiger partial charge on any atom is 0.318 e. The molecule has 6 heterocycles. The lowest BCUT2D eigenvalue weighted by molar-refractivity contribution is -0.136. The number of carbonyl (C=O) groups is 5. The van der Waals surface area contributed by atoms with Crippen molar-refractivity contribution in [1.29, 1.82) is 0 Å². The predicted molar refractivity (Wildman–Crippen MR) is 271 cm³/mol. The first kappa shape index (κ1) is 51.2. The van der Waals surface area contributed by atoms with Crippen molar-refractivity contribution >= 4 is 57.5 Å². The Morgan fingerprint density at radius 2 is 1.58 bits per heavy atom. The van der Waals surface area contributed by atoms with Crippen LogP contribution in [0.1, 0.15) is 64.6 Å². The first-order valence-corrected chi connectivity index (χ1v) is 25.4. The monoisotopic (exact) mass is 1000 g/mol. The third kappa shape index (κ3) is 12.2. The summed E-state index contributed by atoms with van der Waals surface area (Å²) in [5.41, 5.74) is 3.85. The minimum atomic E-state index is -1.02. The molecular weight excluding hydrogens is 939 g/mol. The van der Waals surface area contributed by atoms with Crippen molar-refractivity contribution in [3.63, 3.8) is 0 Å². The molecule has 3 fully saturated rings. The number of likely N-dealkylation sites (tertiary alicyclic amines) is 1. The van der Waals surface area contributed by atoms with Crippen molar-refractivity contribution in [1.82, 2.24) is 30.0 Å². The Balaban J connectivity index is 0.656. The van der Waals surface area contributed by atoms with Gasteiger partial charge in [-0.15, -0.1) is 0 Å². The van der Waals surface area contributed by atoms with Gasteiger partial charge in [-0.3, -0.25) is 39.1 Å². The molecule has 5 aliphatic rings. The summed E-state index contributed by atoms with van der Waals surface area (Å²) >= 11 is 0. The second kappa shape index (κ2) is 23.9. The van der Waals surface area contributed by atoms with E-state index in [9.17, 15) is 29.1 Å². The third-order valence-electron chi connectivity index (χ3n) is 14.0. The lowest BCUT2D eigenvalue weighted by Crippen LogP contribution is -2.54. The van der Waals surface area contributed by atoms with Crippen molar-refractivity contribution in [3.8, 4) is 11.8 Å². The number of fused-ring (bicyclic) bond motifs is 3. The Kier molecular flexibility index (Phi) is 16.8. The fourth-order valence-electron chi connectivity index (χ4n) is 10.3. The van der Waals surface area contributed by atoms with Crippen LogP contribution in [0.3, 0.4) is 0 Å². The van der Waals surface area contributed by atoms with Crippen LogP contribution in [0, 0.1) is 0 Å². The van der Waals surface area contributed by atoms with E-state index in [1.807, 2.05) is 29.2 Å². The van der Waals surface area contributed by atoms with E-state index in [4.69, 9.17) is 33.7 Å². The van der Waals surface area contributed by atoms with E-state index in [0.29, 0.717) is 104 Å². The van der Waals surface area contributed by atoms with E-state index in [0.717, 1.165) is 77.3 Å². The largest absolute Gasteiger partial charge is 0.508 e. The molecule has 0 bridgehead atoms. The van der Waals surface area contributed by atoms with Gasteiger partial charge >= 0.3 is 6.01 Å². The smallest absolute Gasteiger partial charge is 0.318 e. The molecule has 3 saturated heterocycles. The number of piperazine rings is 1. The quantitative estimate of drug-likeness (QED) is 0.0583. The predicted octanol–water partition coefficient (Wildman–Crippen LogP) is 3.54. The van der Waals surface area contributed by atoms with Crippen molar-refractivity contribution in [2.75, 3.05) is 120 Å². The van der Waals surface area contributed by atoms with Gasteiger partial charge in [0.1, 0.15) is 23.7 Å². The lowest BCUT2D eigenvalue weighted by atomic mass is 10.0. The third-order valence-corrected chi connectivity index (χ3v) is 14.0. The van der Waals surface area contributed by atoms with E-state index >= 15 is 0 Å². The Bertz CT molecular complexity index is 2670. The number of nitrogens with zero attached hydrogens (tertiary/aromatic N) is 7. The number of hydrogen-bond acceptors (Lipinski definition) is 17. The zero-order chi connectivity index (χ0) is 50.8. The average Bonchev–Trinajstić information content (AvgIpc) is 3.65. The van der Waals surface area contributed by atoms with E-state index in [-0.39, 0.29) is 47.8 Å². The zero-order valence-electron chi connectivity index (χ0n) is 41.4. The van der Waals surface area contributed by atoms with Gasteiger partial charge in [-0.1, -0.05) is 36.9 Å². The van der Waals surface area contributed by atoms with Gasteiger partial charge in [0.05, 0.1) is 75.7 Å². The summed E-state index contributed by atoms with van der Waals surface area (Å²) in [7, 11) is 0. The van der Waals surface area contributed by atoms with Gasteiger partial charge in [0.15, 0.2) is 0 Å². The summed E-state index contributed by atoms with van der Waals surface area (Å²) in [5.74, 6) is -1.16. The van der Waals surface area contributed by atoms with E-state index in [1.165, 1.54) is 6.08 Å². The number of phenols is 1. The highest BCUT2D eigenvalue weighted by molar-refractivity contribution is 6.25. The van der Waals surface area contributed by atoms with Gasteiger partial charge in [-0.2, -0.15) is 9.97 Å². The number of anilines is 3. The number of hydrogen-bond donors (Lipinski definition) is 3. The molecule has 20 heteroatoms. The molecule has 1 unspecified atom stereocenters. The zero-order valence-corrected chi connectivity index (χ0v) is 41.4. The maximum atomic E-state index is 13.3. The van der Waals surface area contributed by atoms with Crippen LogP contribution in [-0.2, 0) is 46.3 Å². The van der Waals surface area contributed by atoms with Crippen LogP contribution in [0.2, 0.25) is 0 Å². The van der Waals surface area contributed by atoms with Crippen molar-refractivity contribution in [2.24, 2.45) is 0 Å². The number of benzene rings is 3. The van der Waals surface area contributed by atoms with Crippen LogP contribution in [0.5, 0.6) is 11.8 Å². The van der Waals surface area contributed by atoms with Crippen LogP contribution < -0.4 is 25.2 Å². The van der Waals surface area contributed by atoms with Crippen molar-refractivity contribution in [2.45, 2.75) is 63.8 Å². The number of piperidine rings is 2. The first-order valence-electron chi connectivity index (χ1n) is 25.4. The number of phenolic OH excluding ortho intramolecular Hbond substituents is 1. The summed E-state index contributed by atoms with van der Waals surface area (Å²) in [5, 5.41) is 18.1. The van der Waals surface area contributed by atoms with E-state index in [2.05, 4.69) is 44.9 Å². The number of amides is 5. The number of ether oxygens (including phenoxy) is 5. The number of aromatic hydroxyl groups is 1. The van der Waals surface area contributed by atoms with Gasteiger partial charge in [-0.05, 0) is 62.3 Å². The second-order valence-corrected chi connectivity index (χ2v) is 18.9. The Morgan fingerprint density at radius 3 is 2.33 bits per heavy atom. The second-order valence-electron chi connectivity index (χ2n) is 18.9. The van der Waals surface area contributed by atoms with Gasteiger partial charge in [0.2, 0.25) is 17.7 Å². The summed E-state index contributed by atoms with van der Waals surface area (Å²) in [6, 6.07) is 16.0. The molecule has 0 saturated carbocycles. The average molecular weight is 1000 g/mol. The number of nitrogens with one attached hydrogen (secondary N) is 2. The minimum Gasteiger partial charge on any atom is -0.508 e. The summed E-state index contributed by atoms with van der Waals surface area (Å²) < 4.78 is 29.8. The number of carbonyl (C=O) groups excluding carboxylic acids is 5. The molecule has 0 radical (unpaired) electrons.